The number of rotatable bonds is 3. The Morgan fingerprint density at radius 1 is 0.857 bits per heavy atom. The van der Waals surface area contributed by atoms with E-state index in [0.29, 0.717) is 31.4 Å². The molecule has 0 fully saturated rings. The maximum atomic E-state index is 11.1. The number of hydrogen-bond donors (Lipinski definition) is 3. The second-order valence-electron chi connectivity index (χ2n) is 6.13. The summed E-state index contributed by atoms with van der Waals surface area (Å²) in [6.07, 6.45) is 0. The first-order chi connectivity index (χ1) is 13.7. The van der Waals surface area contributed by atoms with Gasteiger partial charge < -0.3 is 5.11 Å². The van der Waals surface area contributed by atoms with Gasteiger partial charge in [0, 0.05) is 11.1 Å². The molecule has 0 bridgehead atoms. The van der Waals surface area contributed by atoms with Crippen LogP contribution in [0.4, 0.5) is 0 Å². The molecule has 6 nitrogen and oxygen atoms in total. The summed E-state index contributed by atoms with van der Waals surface area (Å²) in [6.45, 7) is 0. The number of nitrogens with zero attached hydrogens (tertiary/aromatic N) is 3. The lowest BCUT2D eigenvalue weighted by atomic mass is 9.97. The smallest absolute Gasteiger partial charge is 0.213 e. The first-order valence-electron chi connectivity index (χ1n) is 8.50. The van der Waals surface area contributed by atoms with Gasteiger partial charge in [-0.05, 0) is 17.8 Å². The molecular weight excluding hydrogens is 390 g/mol. The van der Waals surface area contributed by atoms with Crippen molar-refractivity contribution < 1.29 is 5.11 Å². The molecule has 3 N–H and O–H groups in total. The first-order valence-corrected chi connectivity index (χ1v) is 9.73. The zero-order valence-electron chi connectivity index (χ0n) is 14.4. The molecule has 5 rings (SSSR count). The van der Waals surface area contributed by atoms with Crippen LogP contribution in [-0.2, 0) is 0 Å². The highest BCUT2D eigenvalue weighted by Gasteiger charge is 2.23. The molecule has 0 atom stereocenters. The largest absolute Gasteiger partial charge is 0.506 e. The normalized spacial score (nSPS) is 11.1. The molecular formula is C20H13N5OS2. The van der Waals surface area contributed by atoms with Gasteiger partial charge in [-0.1, -0.05) is 60.7 Å². The van der Waals surface area contributed by atoms with Gasteiger partial charge >= 0.3 is 0 Å². The van der Waals surface area contributed by atoms with Crippen LogP contribution in [0.25, 0.3) is 43.3 Å². The van der Waals surface area contributed by atoms with Gasteiger partial charge in [-0.2, -0.15) is 4.98 Å². The Kier molecular flexibility index (Phi) is 4.00. The number of thiophene rings is 1. The topological polar surface area (TPSA) is 90.5 Å². The van der Waals surface area contributed by atoms with Crippen molar-refractivity contribution in [3.05, 3.63) is 65.4 Å². The van der Waals surface area contributed by atoms with Gasteiger partial charge in [0.25, 0.3) is 0 Å². The van der Waals surface area contributed by atoms with E-state index < -0.39 is 0 Å². The summed E-state index contributed by atoms with van der Waals surface area (Å²) in [5.41, 5.74) is 3.44. The number of aromatic nitrogens is 5. The lowest BCUT2D eigenvalue weighted by Crippen LogP contribution is -1.93. The maximum Gasteiger partial charge on any atom is 0.213 e. The minimum Gasteiger partial charge on any atom is -0.506 e. The fourth-order valence-corrected chi connectivity index (χ4v) is 4.30. The summed E-state index contributed by atoms with van der Waals surface area (Å²) in [7, 11) is 0. The highest BCUT2D eigenvalue weighted by molar-refractivity contribution is 7.71. The van der Waals surface area contributed by atoms with E-state index in [2.05, 4.69) is 25.4 Å². The van der Waals surface area contributed by atoms with E-state index in [1.54, 1.807) is 0 Å². The molecule has 0 radical (unpaired) electrons. The van der Waals surface area contributed by atoms with E-state index in [9.17, 15) is 5.11 Å². The van der Waals surface area contributed by atoms with Gasteiger partial charge in [-0.25, -0.2) is 0 Å². The third-order valence-corrected chi connectivity index (χ3v) is 5.68. The summed E-state index contributed by atoms with van der Waals surface area (Å²) in [4.78, 5) is 5.43. The van der Waals surface area contributed by atoms with Gasteiger partial charge in [0.05, 0.1) is 5.39 Å². The molecule has 2 aromatic carbocycles. The fraction of sp³-hybridized carbons (Fsp3) is 0. The molecule has 8 heteroatoms. The zero-order chi connectivity index (χ0) is 19.1. The summed E-state index contributed by atoms with van der Waals surface area (Å²) in [6, 6.07) is 19.7. The molecule has 0 aliphatic carbocycles. The van der Waals surface area contributed by atoms with Crippen molar-refractivity contribution in [1.29, 1.82) is 0 Å². The second-order valence-corrected chi connectivity index (χ2v) is 7.52. The fourth-order valence-electron chi connectivity index (χ4n) is 3.19. The quantitative estimate of drug-likeness (QED) is 0.361. The van der Waals surface area contributed by atoms with Gasteiger partial charge in [-0.3, -0.25) is 10.2 Å². The molecule has 5 aromatic rings. The highest BCUT2D eigenvalue weighted by atomic mass is 32.1. The van der Waals surface area contributed by atoms with Crippen LogP contribution in [0.2, 0.25) is 0 Å². The second kappa shape index (κ2) is 6.66. The van der Waals surface area contributed by atoms with Crippen LogP contribution in [0.1, 0.15) is 0 Å². The number of hydrogen-bond acceptors (Lipinski definition) is 6. The Labute approximate surface area is 168 Å². The van der Waals surface area contributed by atoms with E-state index in [1.807, 2.05) is 60.7 Å². The van der Waals surface area contributed by atoms with Crippen LogP contribution in [0.15, 0.2) is 60.7 Å². The van der Waals surface area contributed by atoms with Crippen molar-refractivity contribution in [1.82, 2.24) is 25.4 Å². The molecule has 3 aromatic heterocycles. The third kappa shape index (κ3) is 2.70. The lowest BCUT2D eigenvalue weighted by Gasteiger charge is -2.10. The van der Waals surface area contributed by atoms with Gasteiger partial charge in [-0.15, -0.1) is 21.5 Å². The number of nitrogens with one attached hydrogen (secondary N) is 2. The summed E-state index contributed by atoms with van der Waals surface area (Å²) >= 11 is 6.36. The van der Waals surface area contributed by atoms with E-state index in [1.165, 1.54) is 11.3 Å². The Balaban J connectivity index is 1.87. The Bertz CT molecular complexity index is 1340. The zero-order valence-corrected chi connectivity index (χ0v) is 16.0. The first kappa shape index (κ1) is 16.8. The van der Waals surface area contributed by atoms with Crippen molar-refractivity contribution in [2.45, 2.75) is 0 Å². The average Bonchev–Trinajstić information content (AvgIpc) is 3.32. The third-order valence-electron chi connectivity index (χ3n) is 4.42. The van der Waals surface area contributed by atoms with Crippen molar-refractivity contribution in [2.75, 3.05) is 0 Å². The van der Waals surface area contributed by atoms with Crippen LogP contribution in [0.3, 0.4) is 0 Å². The van der Waals surface area contributed by atoms with Crippen molar-refractivity contribution in [2.24, 2.45) is 0 Å². The molecule has 0 amide bonds. The number of H-pyrrole nitrogens is 2. The number of aromatic hydroxyl groups is 1. The van der Waals surface area contributed by atoms with E-state index in [0.717, 1.165) is 16.7 Å². The van der Waals surface area contributed by atoms with Gasteiger partial charge in [0.1, 0.15) is 16.3 Å². The summed E-state index contributed by atoms with van der Waals surface area (Å²) < 4.78 is 0.325. The van der Waals surface area contributed by atoms with Crippen molar-refractivity contribution in [3.63, 3.8) is 0 Å². The van der Waals surface area contributed by atoms with Crippen molar-refractivity contribution >= 4 is 33.8 Å². The van der Waals surface area contributed by atoms with Crippen LogP contribution < -0.4 is 0 Å². The minimum absolute atomic E-state index is 0.115. The maximum absolute atomic E-state index is 11.1. The summed E-state index contributed by atoms with van der Waals surface area (Å²) in [5.74, 6) is 0.592. The van der Waals surface area contributed by atoms with E-state index in [4.69, 9.17) is 12.2 Å². The number of fused-ring (bicyclic) bond motifs is 1. The molecule has 28 heavy (non-hydrogen) atoms. The molecule has 3 heterocycles. The Morgan fingerprint density at radius 2 is 1.54 bits per heavy atom. The standard InChI is InChI=1S/C20H13N5OS2/c26-16-14-13(11-7-3-1-4-8-11)15(12-9-5-2-6-10-12)22-24-19(14)28-17(16)18-21-20(27)25-23-18/h1-10,26H,(H2,21,23,25,27). The van der Waals surface area contributed by atoms with E-state index >= 15 is 0 Å². The molecule has 0 spiro atoms. The highest BCUT2D eigenvalue weighted by Crippen LogP contribution is 2.47. The van der Waals surface area contributed by atoms with Crippen LogP contribution in [0, 0.1) is 4.77 Å². The molecule has 0 aliphatic rings. The molecule has 136 valence electrons. The van der Waals surface area contributed by atoms with Gasteiger partial charge in [0.15, 0.2) is 10.7 Å². The summed E-state index contributed by atoms with van der Waals surface area (Å²) in [5, 5.41) is 26.3. The lowest BCUT2D eigenvalue weighted by molar-refractivity contribution is 0.485. The molecule has 0 saturated carbocycles. The predicted molar refractivity (Wildman–Crippen MR) is 113 cm³/mol. The molecule has 0 saturated heterocycles. The van der Waals surface area contributed by atoms with Gasteiger partial charge in [0.2, 0.25) is 4.77 Å². The minimum atomic E-state index is 0.115. The average molecular weight is 403 g/mol. The molecule has 0 aliphatic heterocycles. The van der Waals surface area contributed by atoms with E-state index in [-0.39, 0.29) is 5.75 Å². The molecule has 0 unspecified atom stereocenters. The Morgan fingerprint density at radius 3 is 2.18 bits per heavy atom. The van der Waals surface area contributed by atoms with Crippen molar-refractivity contribution in [3.8, 4) is 38.8 Å². The van der Waals surface area contributed by atoms with Crippen LogP contribution in [0.5, 0.6) is 5.75 Å². The predicted octanol–water partition coefficient (Wildman–Crippen LogP) is 5.18. The SMILES string of the molecule is Oc1c(-c2nc(=S)[nH][nH]2)sc2nnc(-c3ccccc3)c(-c3ccccc3)c12. The number of benzene rings is 2. The Hall–Kier alpha value is -3.36. The number of aromatic amines is 2. The van der Waals surface area contributed by atoms with Crippen LogP contribution >= 0.6 is 23.6 Å². The van der Waals surface area contributed by atoms with Crippen LogP contribution in [-0.4, -0.2) is 30.5 Å². The monoisotopic (exact) mass is 403 g/mol.